The molecular weight excluding hydrogens is 224 g/mol. The van der Waals surface area contributed by atoms with E-state index >= 15 is 0 Å². The van der Waals surface area contributed by atoms with Crippen molar-refractivity contribution < 1.29 is 4.79 Å². The molecule has 0 bridgehead atoms. The molecule has 3 nitrogen and oxygen atoms in total. The van der Waals surface area contributed by atoms with Gasteiger partial charge in [0.15, 0.2) is 0 Å². The Labute approximate surface area is 104 Å². The van der Waals surface area contributed by atoms with Gasteiger partial charge in [0.05, 0.1) is 6.04 Å². The first kappa shape index (κ1) is 13.8. The van der Waals surface area contributed by atoms with Crippen LogP contribution < -0.4 is 5.32 Å². The van der Waals surface area contributed by atoms with Crippen LogP contribution in [0.25, 0.3) is 0 Å². The normalized spacial score (nSPS) is 27.1. The molecule has 1 amide bonds. The summed E-state index contributed by atoms with van der Waals surface area (Å²) in [5.41, 5.74) is 0.416. The van der Waals surface area contributed by atoms with E-state index in [2.05, 4.69) is 24.1 Å². The van der Waals surface area contributed by atoms with Crippen molar-refractivity contribution in [2.24, 2.45) is 5.41 Å². The quantitative estimate of drug-likeness (QED) is 0.824. The van der Waals surface area contributed by atoms with Crippen LogP contribution in [-0.4, -0.2) is 36.5 Å². The first-order chi connectivity index (χ1) is 7.21. The topological polar surface area (TPSA) is 32.3 Å². The molecule has 94 valence electrons. The van der Waals surface area contributed by atoms with E-state index in [0.29, 0.717) is 11.3 Å². The number of rotatable bonds is 3. The Morgan fingerprint density at radius 1 is 1.44 bits per heavy atom. The van der Waals surface area contributed by atoms with Crippen molar-refractivity contribution >= 4 is 18.3 Å². The van der Waals surface area contributed by atoms with Crippen LogP contribution in [0, 0.1) is 5.41 Å². The molecule has 0 aromatic rings. The molecule has 16 heavy (non-hydrogen) atoms. The summed E-state index contributed by atoms with van der Waals surface area (Å²) in [6.07, 6.45) is 4.62. The Balaban J connectivity index is 0.00000128. The fourth-order valence-electron chi connectivity index (χ4n) is 2.67. The molecular formula is C12H23ClN2O. The van der Waals surface area contributed by atoms with Crippen LogP contribution in [0.4, 0.5) is 0 Å². The summed E-state index contributed by atoms with van der Waals surface area (Å²) in [7, 11) is 0. The Morgan fingerprint density at radius 3 is 2.44 bits per heavy atom. The summed E-state index contributed by atoms with van der Waals surface area (Å²) in [5, 5.41) is 3.19. The molecule has 1 atom stereocenters. The zero-order valence-corrected chi connectivity index (χ0v) is 11.1. The maximum absolute atomic E-state index is 12.0. The Kier molecular flexibility index (Phi) is 4.62. The van der Waals surface area contributed by atoms with Crippen molar-refractivity contribution in [1.29, 1.82) is 0 Å². The van der Waals surface area contributed by atoms with Crippen molar-refractivity contribution in [1.82, 2.24) is 10.2 Å². The molecule has 0 aliphatic carbocycles. The fraction of sp³-hybridized carbons (Fsp3) is 0.917. The Morgan fingerprint density at radius 2 is 2.06 bits per heavy atom. The highest BCUT2D eigenvalue weighted by molar-refractivity contribution is 5.85. The van der Waals surface area contributed by atoms with Crippen LogP contribution in [0.3, 0.4) is 0 Å². The molecule has 0 radical (unpaired) electrons. The highest BCUT2D eigenvalue weighted by Gasteiger charge is 2.39. The number of amides is 1. The average molecular weight is 247 g/mol. The summed E-state index contributed by atoms with van der Waals surface area (Å²) in [6, 6.07) is 0.134. The smallest absolute Gasteiger partial charge is 0.239 e. The first-order valence-corrected chi connectivity index (χ1v) is 6.23. The lowest BCUT2D eigenvalue weighted by molar-refractivity contribution is -0.134. The van der Waals surface area contributed by atoms with Crippen LogP contribution in [0.2, 0.25) is 0 Å². The Hall–Kier alpha value is -0.280. The third-order valence-electron chi connectivity index (χ3n) is 4.37. The summed E-state index contributed by atoms with van der Waals surface area (Å²) in [4.78, 5) is 14.1. The van der Waals surface area contributed by atoms with E-state index in [1.807, 2.05) is 0 Å². The highest BCUT2D eigenvalue weighted by atomic mass is 35.5. The molecule has 0 unspecified atom stereocenters. The molecule has 2 saturated heterocycles. The number of nitrogens with one attached hydrogen (secondary N) is 1. The standard InChI is InChI=1S/C12H22N2O.ClH/c1-3-12(4-2)6-8-14(9-12)11(15)10-5-7-13-10;/h10,13H,3-9H2,1-2H3;1H/t10-;/m1./s1. The number of nitrogens with zero attached hydrogens (tertiary/aromatic N) is 1. The zero-order chi connectivity index (χ0) is 10.9. The van der Waals surface area contributed by atoms with Gasteiger partial charge in [0.25, 0.3) is 0 Å². The van der Waals surface area contributed by atoms with Gasteiger partial charge in [0.1, 0.15) is 0 Å². The maximum atomic E-state index is 12.0. The summed E-state index contributed by atoms with van der Waals surface area (Å²) >= 11 is 0. The molecule has 2 aliphatic rings. The fourth-order valence-corrected chi connectivity index (χ4v) is 2.67. The zero-order valence-electron chi connectivity index (χ0n) is 10.3. The van der Waals surface area contributed by atoms with Crippen LogP contribution in [0.1, 0.15) is 39.5 Å². The van der Waals surface area contributed by atoms with E-state index in [1.54, 1.807) is 0 Å². The van der Waals surface area contributed by atoms with Crippen LogP contribution in [-0.2, 0) is 4.79 Å². The second-order valence-electron chi connectivity index (χ2n) is 5.01. The number of carbonyl (C=O) groups is 1. The van der Waals surface area contributed by atoms with Gasteiger partial charge in [-0.15, -0.1) is 12.4 Å². The molecule has 1 N–H and O–H groups in total. The van der Waals surface area contributed by atoms with Crippen molar-refractivity contribution in [2.75, 3.05) is 19.6 Å². The van der Waals surface area contributed by atoms with Crippen molar-refractivity contribution in [3.8, 4) is 0 Å². The molecule has 2 fully saturated rings. The molecule has 0 aromatic heterocycles. The SMILES string of the molecule is CCC1(CC)CCN(C(=O)[C@H]2CCN2)C1.Cl. The largest absolute Gasteiger partial charge is 0.341 e. The van der Waals surface area contributed by atoms with E-state index < -0.39 is 0 Å². The molecule has 0 saturated carbocycles. The minimum Gasteiger partial charge on any atom is -0.341 e. The first-order valence-electron chi connectivity index (χ1n) is 6.23. The van der Waals surface area contributed by atoms with Crippen LogP contribution in [0.5, 0.6) is 0 Å². The van der Waals surface area contributed by atoms with Gasteiger partial charge in [-0.25, -0.2) is 0 Å². The van der Waals surface area contributed by atoms with Crippen molar-refractivity contribution in [3.63, 3.8) is 0 Å². The minimum absolute atomic E-state index is 0. The molecule has 0 aromatic carbocycles. The molecule has 2 heterocycles. The second-order valence-corrected chi connectivity index (χ2v) is 5.01. The van der Waals surface area contributed by atoms with E-state index in [1.165, 1.54) is 19.3 Å². The van der Waals surface area contributed by atoms with Gasteiger partial charge >= 0.3 is 0 Å². The second kappa shape index (κ2) is 5.37. The molecule has 0 spiro atoms. The number of halogens is 1. The monoisotopic (exact) mass is 246 g/mol. The predicted molar refractivity (Wildman–Crippen MR) is 67.9 cm³/mol. The number of hydrogen-bond donors (Lipinski definition) is 1. The van der Waals surface area contributed by atoms with Gasteiger partial charge in [-0.3, -0.25) is 4.79 Å². The van der Waals surface area contributed by atoms with Gasteiger partial charge < -0.3 is 10.2 Å². The molecule has 2 rings (SSSR count). The van der Waals surface area contributed by atoms with Crippen molar-refractivity contribution in [2.45, 2.75) is 45.6 Å². The van der Waals surface area contributed by atoms with Gasteiger partial charge in [-0.05, 0) is 37.6 Å². The summed E-state index contributed by atoms with van der Waals surface area (Å²) < 4.78 is 0. The minimum atomic E-state index is 0. The summed E-state index contributed by atoms with van der Waals surface area (Å²) in [6.45, 7) is 7.46. The van der Waals surface area contributed by atoms with Crippen LogP contribution in [0.15, 0.2) is 0 Å². The van der Waals surface area contributed by atoms with E-state index in [0.717, 1.165) is 26.1 Å². The van der Waals surface area contributed by atoms with Gasteiger partial charge in [-0.1, -0.05) is 13.8 Å². The van der Waals surface area contributed by atoms with Crippen molar-refractivity contribution in [3.05, 3.63) is 0 Å². The van der Waals surface area contributed by atoms with Gasteiger partial charge in [-0.2, -0.15) is 0 Å². The lowest BCUT2D eigenvalue weighted by Gasteiger charge is -2.32. The van der Waals surface area contributed by atoms with Gasteiger partial charge in [0, 0.05) is 13.1 Å². The highest BCUT2D eigenvalue weighted by Crippen LogP contribution is 2.37. The third kappa shape index (κ3) is 2.35. The number of likely N-dealkylation sites (tertiary alicyclic amines) is 1. The van der Waals surface area contributed by atoms with Crippen LogP contribution >= 0.6 is 12.4 Å². The number of carbonyl (C=O) groups excluding carboxylic acids is 1. The lowest BCUT2D eigenvalue weighted by atomic mass is 9.82. The van der Waals surface area contributed by atoms with E-state index in [9.17, 15) is 4.79 Å². The third-order valence-corrected chi connectivity index (χ3v) is 4.37. The predicted octanol–water partition coefficient (Wildman–Crippen LogP) is 1.81. The van der Waals surface area contributed by atoms with E-state index in [-0.39, 0.29) is 18.4 Å². The van der Waals surface area contributed by atoms with Gasteiger partial charge in [0.2, 0.25) is 5.91 Å². The Bertz CT molecular complexity index is 249. The van der Waals surface area contributed by atoms with E-state index in [4.69, 9.17) is 0 Å². The summed E-state index contributed by atoms with van der Waals surface area (Å²) in [5.74, 6) is 0.338. The maximum Gasteiger partial charge on any atom is 0.239 e. The number of hydrogen-bond acceptors (Lipinski definition) is 2. The molecule has 4 heteroatoms. The lowest BCUT2D eigenvalue weighted by Crippen LogP contribution is -2.54. The average Bonchev–Trinajstić information content (AvgIpc) is 2.60. The molecule has 2 aliphatic heterocycles.